The van der Waals surface area contributed by atoms with Crippen molar-refractivity contribution in [3.63, 3.8) is 0 Å². The maximum absolute atomic E-state index is 13.9. The number of ether oxygens (including phenoxy) is 1. The lowest BCUT2D eigenvalue weighted by Crippen LogP contribution is -2.43. The first-order valence-corrected chi connectivity index (χ1v) is 11.6. The summed E-state index contributed by atoms with van der Waals surface area (Å²) < 4.78 is 19.7. The van der Waals surface area contributed by atoms with Gasteiger partial charge in [0, 0.05) is 37.9 Å². The third kappa shape index (κ3) is 6.18. The fourth-order valence-corrected chi connectivity index (χ4v) is 3.97. The van der Waals surface area contributed by atoms with Crippen molar-refractivity contribution >= 4 is 17.6 Å². The van der Waals surface area contributed by atoms with E-state index in [1.807, 2.05) is 0 Å². The summed E-state index contributed by atoms with van der Waals surface area (Å²) in [5, 5.41) is 31.0. The van der Waals surface area contributed by atoms with Gasteiger partial charge >= 0.3 is 6.03 Å². The van der Waals surface area contributed by atoms with Crippen LogP contribution in [0.25, 0.3) is 11.1 Å². The molecule has 0 radical (unpaired) electrons. The van der Waals surface area contributed by atoms with Gasteiger partial charge in [-0.25, -0.2) is 9.18 Å². The number of carbonyl (C=O) groups excluding carboxylic acids is 2. The Morgan fingerprint density at radius 3 is 2.81 bits per heavy atom. The highest BCUT2D eigenvalue weighted by Gasteiger charge is 2.32. The molecule has 36 heavy (non-hydrogen) atoms. The molecule has 0 spiro atoms. The maximum Gasteiger partial charge on any atom is 0.320 e. The monoisotopic (exact) mass is 497 g/mol. The smallest absolute Gasteiger partial charge is 0.320 e. The number of carbonyl (C=O) groups is 2. The molecule has 1 fully saturated rings. The zero-order valence-electron chi connectivity index (χ0n) is 19.5. The first-order valence-electron chi connectivity index (χ1n) is 11.6. The van der Waals surface area contributed by atoms with Crippen LogP contribution < -0.4 is 15.4 Å². The number of β-amino-alcohol motifs (C(OH)–C–C–N with tert-alkyl or cyclic N) is 1. The van der Waals surface area contributed by atoms with Crippen molar-refractivity contribution in [2.24, 2.45) is 0 Å². The van der Waals surface area contributed by atoms with Gasteiger partial charge in [0.1, 0.15) is 17.6 Å². The molecule has 2 heterocycles. The fourth-order valence-electron chi connectivity index (χ4n) is 3.97. The minimum Gasteiger partial charge on any atom is -0.491 e. The van der Waals surface area contributed by atoms with Crippen LogP contribution in [0, 0.1) is 5.82 Å². The molecule has 3 aromatic rings. The largest absolute Gasteiger partial charge is 0.491 e. The van der Waals surface area contributed by atoms with Crippen molar-refractivity contribution in [2.45, 2.75) is 25.0 Å². The molecule has 0 saturated carbocycles. The predicted molar refractivity (Wildman–Crippen MR) is 130 cm³/mol. The van der Waals surface area contributed by atoms with Crippen LogP contribution in [0.15, 0.2) is 54.9 Å². The summed E-state index contributed by atoms with van der Waals surface area (Å²) in [6, 6.07) is 8.79. The van der Waals surface area contributed by atoms with Gasteiger partial charge in [-0.05, 0) is 41.8 Å². The van der Waals surface area contributed by atoms with E-state index in [9.17, 15) is 19.1 Å². The zero-order valence-corrected chi connectivity index (χ0v) is 19.5. The molecule has 1 aromatic heterocycles. The lowest BCUT2D eigenvalue weighted by atomic mass is 10.1. The summed E-state index contributed by atoms with van der Waals surface area (Å²) in [6.07, 6.45) is 3.57. The zero-order chi connectivity index (χ0) is 25.5. The molecule has 2 atom stereocenters. The normalized spacial score (nSPS) is 16.0. The van der Waals surface area contributed by atoms with E-state index in [4.69, 9.17) is 9.84 Å². The highest BCUT2D eigenvalue weighted by atomic mass is 19.1. The van der Waals surface area contributed by atoms with Crippen LogP contribution in [0.1, 0.15) is 24.4 Å². The SMILES string of the molecule is O=C(Nc1ccc(-c2cn[nH]c2)cc1OCCCO)NC(C(=O)N1CCC(O)C1)c1cccc(F)c1. The number of hydrogen-bond donors (Lipinski definition) is 5. The third-order valence-corrected chi connectivity index (χ3v) is 5.80. The molecule has 11 heteroatoms. The Balaban J connectivity index is 1.55. The summed E-state index contributed by atoms with van der Waals surface area (Å²) in [6.45, 7) is 0.663. The van der Waals surface area contributed by atoms with Crippen molar-refractivity contribution in [3.05, 3.63) is 66.2 Å². The lowest BCUT2D eigenvalue weighted by molar-refractivity contribution is -0.132. The molecule has 190 valence electrons. The molecule has 0 bridgehead atoms. The number of aliphatic hydroxyl groups excluding tert-OH is 2. The van der Waals surface area contributed by atoms with E-state index in [-0.39, 0.29) is 25.3 Å². The Hall–Kier alpha value is -3.96. The van der Waals surface area contributed by atoms with E-state index in [0.717, 1.165) is 11.1 Å². The van der Waals surface area contributed by atoms with Crippen molar-refractivity contribution < 1.29 is 28.9 Å². The lowest BCUT2D eigenvalue weighted by Gasteiger charge is -2.25. The number of rotatable bonds is 9. The average molecular weight is 498 g/mol. The molecular formula is C25H28FN5O5. The topological polar surface area (TPSA) is 140 Å². The van der Waals surface area contributed by atoms with Gasteiger partial charge in [0.15, 0.2) is 0 Å². The number of aliphatic hydroxyl groups is 2. The number of benzene rings is 2. The van der Waals surface area contributed by atoms with Crippen LogP contribution in [0.2, 0.25) is 0 Å². The molecule has 2 aromatic carbocycles. The Morgan fingerprint density at radius 1 is 1.25 bits per heavy atom. The molecule has 10 nitrogen and oxygen atoms in total. The number of aromatic amines is 1. The molecule has 5 N–H and O–H groups in total. The van der Waals surface area contributed by atoms with E-state index < -0.39 is 29.9 Å². The van der Waals surface area contributed by atoms with E-state index in [2.05, 4.69) is 20.8 Å². The first-order chi connectivity index (χ1) is 17.4. The number of aromatic nitrogens is 2. The summed E-state index contributed by atoms with van der Waals surface area (Å²) in [5.41, 5.74) is 2.25. The predicted octanol–water partition coefficient (Wildman–Crippen LogP) is 2.43. The maximum atomic E-state index is 13.9. The van der Waals surface area contributed by atoms with Gasteiger partial charge in [-0.2, -0.15) is 5.10 Å². The quantitative estimate of drug-likeness (QED) is 0.288. The number of hydrogen-bond acceptors (Lipinski definition) is 6. The second-order valence-corrected chi connectivity index (χ2v) is 8.44. The van der Waals surface area contributed by atoms with Gasteiger partial charge < -0.3 is 30.5 Å². The van der Waals surface area contributed by atoms with Crippen molar-refractivity contribution in [3.8, 4) is 16.9 Å². The van der Waals surface area contributed by atoms with E-state index in [1.54, 1.807) is 36.7 Å². The van der Waals surface area contributed by atoms with Gasteiger partial charge in [-0.1, -0.05) is 18.2 Å². The summed E-state index contributed by atoms with van der Waals surface area (Å²) >= 11 is 0. The number of amides is 3. The summed E-state index contributed by atoms with van der Waals surface area (Å²) in [5.74, 6) is -0.612. The van der Waals surface area contributed by atoms with Gasteiger partial charge in [-0.15, -0.1) is 0 Å². The number of nitrogens with one attached hydrogen (secondary N) is 3. The van der Waals surface area contributed by atoms with E-state index >= 15 is 0 Å². The fraction of sp³-hybridized carbons (Fsp3) is 0.320. The Kier molecular flexibility index (Phi) is 8.13. The average Bonchev–Trinajstić information content (AvgIpc) is 3.55. The third-order valence-electron chi connectivity index (χ3n) is 5.80. The number of likely N-dealkylation sites (tertiary alicyclic amines) is 1. The van der Waals surface area contributed by atoms with E-state index in [1.165, 1.54) is 23.1 Å². The van der Waals surface area contributed by atoms with Gasteiger partial charge in [0.25, 0.3) is 0 Å². The Labute approximate surface area is 207 Å². The van der Waals surface area contributed by atoms with E-state index in [0.29, 0.717) is 30.8 Å². The minimum absolute atomic E-state index is 0.0483. The molecule has 2 unspecified atom stereocenters. The number of halogens is 1. The van der Waals surface area contributed by atoms with Gasteiger partial charge in [0.05, 0.1) is 24.6 Å². The second kappa shape index (κ2) is 11.6. The summed E-state index contributed by atoms with van der Waals surface area (Å²) in [7, 11) is 0. The number of urea groups is 1. The highest BCUT2D eigenvalue weighted by molar-refractivity contribution is 5.95. The molecule has 4 rings (SSSR count). The Bertz CT molecular complexity index is 1190. The molecule has 1 aliphatic heterocycles. The van der Waals surface area contributed by atoms with Crippen molar-refractivity contribution in [1.82, 2.24) is 20.4 Å². The number of nitrogens with zero attached hydrogens (tertiary/aromatic N) is 2. The standard InChI is InChI=1S/C25H28FN5O5/c26-19-4-1-3-17(11-19)23(24(34)31-8-7-20(33)15-31)30-25(35)29-21-6-5-16(18-13-27-28-14-18)12-22(21)36-10-2-9-32/h1,3-6,11-14,20,23,32-33H,2,7-10,15H2,(H,27,28)(H2,29,30,35). The van der Waals surface area contributed by atoms with Crippen LogP contribution in [0.5, 0.6) is 5.75 Å². The second-order valence-electron chi connectivity index (χ2n) is 8.44. The molecule has 1 saturated heterocycles. The minimum atomic E-state index is -1.16. The first kappa shape index (κ1) is 25.1. The Morgan fingerprint density at radius 2 is 2.11 bits per heavy atom. The van der Waals surface area contributed by atoms with Crippen LogP contribution in [-0.2, 0) is 4.79 Å². The van der Waals surface area contributed by atoms with Crippen LogP contribution in [-0.4, -0.2) is 69.7 Å². The van der Waals surface area contributed by atoms with Gasteiger partial charge in [-0.3, -0.25) is 9.89 Å². The van der Waals surface area contributed by atoms with Crippen LogP contribution in [0.3, 0.4) is 0 Å². The number of anilines is 1. The number of H-pyrrole nitrogens is 1. The van der Waals surface area contributed by atoms with Crippen LogP contribution >= 0.6 is 0 Å². The van der Waals surface area contributed by atoms with Crippen LogP contribution in [0.4, 0.5) is 14.9 Å². The molecule has 3 amide bonds. The molecular weight excluding hydrogens is 469 g/mol. The molecule has 0 aliphatic carbocycles. The highest BCUT2D eigenvalue weighted by Crippen LogP contribution is 2.31. The van der Waals surface area contributed by atoms with Crippen molar-refractivity contribution in [1.29, 1.82) is 0 Å². The molecule has 1 aliphatic rings. The van der Waals surface area contributed by atoms with Gasteiger partial charge in [0.2, 0.25) is 5.91 Å². The summed E-state index contributed by atoms with van der Waals surface area (Å²) in [4.78, 5) is 27.7. The van der Waals surface area contributed by atoms with Crippen molar-refractivity contribution in [2.75, 3.05) is 31.6 Å².